The molecule has 2 nitrogen and oxygen atoms in total. The maximum absolute atomic E-state index is 6.12. The quantitative estimate of drug-likeness (QED) is 0.190. The molecule has 0 N–H and O–H groups in total. The number of unbranched alkanes of at least 4 members (excludes halogenated alkanes) is 12. The van der Waals surface area contributed by atoms with Gasteiger partial charge in [-0.05, 0) is 26.2 Å². The van der Waals surface area contributed by atoms with Crippen LogP contribution in [0.4, 0.5) is 0 Å². The van der Waals surface area contributed by atoms with E-state index in [1.54, 1.807) is 0 Å². The van der Waals surface area contributed by atoms with Crippen LogP contribution in [0.15, 0.2) is 0 Å². The lowest BCUT2D eigenvalue weighted by atomic mass is 10.0. The number of hydrogen-bond acceptors (Lipinski definition) is 2. The predicted molar refractivity (Wildman–Crippen MR) is 116 cm³/mol. The van der Waals surface area contributed by atoms with Gasteiger partial charge in [-0.25, -0.2) is 0 Å². The summed E-state index contributed by atoms with van der Waals surface area (Å²) in [5.74, 6) is 0. The summed E-state index contributed by atoms with van der Waals surface area (Å²) in [6.45, 7) is 10.7. The Labute approximate surface area is 165 Å². The van der Waals surface area contributed by atoms with Crippen molar-refractivity contribution in [3.05, 3.63) is 0 Å². The molecule has 0 heterocycles. The first-order chi connectivity index (χ1) is 12.8. The number of rotatable bonds is 21. The Morgan fingerprint density at radius 2 is 1.00 bits per heavy atom. The Kier molecular flexibility index (Phi) is 21.2. The molecule has 0 aromatic rings. The molecule has 0 spiro atoms. The Bertz CT molecular complexity index is 255. The lowest BCUT2D eigenvalue weighted by Crippen LogP contribution is -2.30. The lowest BCUT2D eigenvalue weighted by molar-refractivity contribution is -0.0696. The van der Waals surface area contributed by atoms with Gasteiger partial charge in [0.1, 0.15) is 0 Å². The zero-order valence-electron chi connectivity index (χ0n) is 18.7. The van der Waals surface area contributed by atoms with E-state index in [0.717, 1.165) is 26.1 Å². The molecule has 0 aromatic carbocycles. The van der Waals surface area contributed by atoms with Gasteiger partial charge in [-0.15, -0.1) is 0 Å². The zero-order chi connectivity index (χ0) is 19.3. The molecule has 2 atom stereocenters. The van der Waals surface area contributed by atoms with Gasteiger partial charge in [-0.3, -0.25) is 0 Å². The molecule has 0 aliphatic heterocycles. The summed E-state index contributed by atoms with van der Waals surface area (Å²) in [5, 5.41) is 0. The van der Waals surface area contributed by atoms with E-state index in [9.17, 15) is 0 Å². The number of hydrogen-bond donors (Lipinski definition) is 0. The van der Waals surface area contributed by atoms with Crippen LogP contribution >= 0.6 is 0 Å². The van der Waals surface area contributed by atoms with Gasteiger partial charge in [0.05, 0.1) is 12.2 Å². The van der Waals surface area contributed by atoms with Crippen molar-refractivity contribution < 1.29 is 9.47 Å². The fourth-order valence-electron chi connectivity index (χ4n) is 3.46. The summed E-state index contributed by atoms with van der Waals surface area (Å²) in [7, 11) is 0. The second-order valence-corrected chi connectivity index (χ2v) is 8.02. The van der Waals surface area contributed by atoms with Crippen molar-refractivity contribution in [3.63, 3.8) is 0 Å². The Balaban J connectivity index is 3.73. The predicted octanol–water partition coefficient (Wildman–Crippen LogP) is 8.08. The average Bonchev–Trinajstić information content (AvgIpc) is 2.65. The van der Waals surface area contributed by atoms with E-state index >= 15 is 0 Å². The molecule has 0 aromatic heterocycles. The molecule has 0 radical (unpaired) electrons. The van der Waals surface area contributed by atoms with E-state index in [4.69, 9.17) is 9.47 Å². The highest BCUT2D eigenvalue weighted by atomic mass is 16.5. The van der Waals surface area contributed by atoms with Crippen molar-refractivity contribution >= 4 is 0 Å². The Morgan fingerprint density at radius 1 is 0.500 bits per heavy atom. The topological polar surface area (TPSA) is 18.5 Å². The van der Waals surface area contributed by atoms with Gasteiger partial charge in [0.2, 0.25) is 0 Å². The summed E-state index contributed by atoms with van der Waals surface area (Å²) < 4.78 is 12.2. The first kappa shape index (κ1) is 25.9. The highest BCUT2D eigenvalue weighted by molar-refractivity contribution is 4.67. The largest absolute Gasteiger partial charge is 0.376 e. The molecule has 0 aliphatic carbocycles. The SMILES string of the molecule is CCCCCCCCCCOC(C)C(CCCCCCCC)OCCC. The van der Waals surface area contributed by atoms with Crippen LogP contribution < -0.4 is 0 Å². The van der Waals surface area contributed by atoms with E-state index in [1.807, 2.05) is 0 Å². The van der Waals surface area contributed by atoms with Crippen LogP contribution in [-0.2, 0) is 9.47 Å². The van der Waals surface area contributed by atoms with Crippen LogP contribution in [0.1, 0.15) is 130 Å². The molecule has 0 fully saturated rings. The van der Waals surface area contributed by atoms with Crippen molar-refractivity contribution in [3.8, 4) is 0 Å². The molecule has 0 saturated heterocycles. The molecule has 26 heavy (non-hydrogen) atoms. The summed E-state index contributed by atoms with van der Waals surface area (Å²) >= 11 is 0. The summed E-state index contributed by atoms with van der Waals surface area (Å²) in [5.41, 5.74) is 0. The lowest BCUT2D eigenvalue weighted by Gasteiger charge is -2.25. The van der Waals surface area contributed by atoms with Crippen molar-refractivity contribution in [1.29, 1.82) is 0 Å². The summed E-state index contributed by atoms with van der Waals surface area (Å²) in [4.78, 5) is 0. The third-order valence-electron chi connectivity index (χ3n) is 5.28. The fourth-order valence-corrected chi connectivity index (χ4v) is 3.46. The smallest absolute Gasteiger partial charge is 0.0833 e. The van der Waals surface area contributed by atoms with Gasteiger partial charge in [-0.2, -0.15) is 0 Å². The Morgan fingerprint density at radius 3 is 1.54 bits per heavy atom. The van der Waals surface area contributed by atoms with Crippen LogP contribution in [-0.4, -0.2) is 25.4 Å². The van der Waals surface area contributed by atoms with Crippen LogP contribution in [0.2, 0.25) is 0 Å². The monoisotopic (exact) mass is 370 g/mol. The molecule has 0 rings (SSSR count). The third-order valence-corrected chi connectivity index (χ3v) is 5.28. The first-order valence-corrected chi connectivity index (χ1v) is 12.0. The van der Waals surface area contributed by atoms with Gasteiger partial charge in [0.15, 0.2) is 0 Å². The van der Waals surface area contributed by atoms with Crippen molar-refractivity contribution in [1.82, 2.24) is 0 Å². The summed E-state index contributed by atoms with van der Waals surface area (Å²) in [6.07, 6.45) is 21.7. The molecule has 2 unspecified atom stereocenters. The van der Waals surface area contributed by atoms with Crippen molar-refractivity contribution in [2.75, 3.05) is 13.2 Å². The number of ether oxygens (including phenoxy) is 2. The highest BCUT2D eigenvalue weighted by Crippen LogP contribution is 2.16. The molecule has 0 bridgehead atoms. The molecular weight excluding hydrogens is 320 g/mol. The van der Waals surface area contributed by atoms with Crippen LogP contribution in [0, 0.1) is 0 Å². The van der Waals surface area contributed by atoms with E-state index in [2.05, 4.69) is 27.7 Å². The van der Waals surface area contributed by atoms with Crippen LogP contribution in [0.25, 0.3) is 0 Å². The molecular formula is C24H50O2. The van der Waals surface area contributed by atoms with Crippen LogP contribution in [0.5, 0.6) is 0 Å². The molecule has 0 aliphatic rings. The normalized spacial score (nSPS) is 13.8. The fraction of sp³-hybridized carbons (Fsp3) is 1.00. The second-order valence-electron chi connectivity index (χ2n) is 8.02. The average molecular weight is 371 g/mol. The van der Waals surface area contributed by atoms with Gasteiger partial charge in [0.25, 0.3) is 0 Å². The van der Waals surface area contributed by atoms with Gasteiger partial charge in [-0.1, -0.05) is 104 Å². The van der Waals surface area contributed by atoms with E-state index in [-0.39, 0.29) is 12.2 Å². The standard InChI is InChI=1S/C24H50O2/c1-5-8-10-12-14-15-17-19-22-25-23(4)24(26-21-7-3)20-18-16-13-11-9-6-2/h23-24H,5-22H2,1-4H3. The minimum Gasteiger partial charge on any atom is -0.376 e. The second kappa shape index (κ2) is 21.2. The zero-order valence-corrected chi connectivity index (χ0v) is 18.7. The summed E-state index contributed by atoms with van der Waals surface area (Å²) in [6, 6.07) is 0. The highest BCUT2D eigenvalue weighted by Gasteiger charge is 2.17. The Hall–Kier alpha value is -0.0800. The third kappa shape index (κ3) is 17.3. The minimum atomic E-state index is 0.238. The van der Waals surface area contributed by atoms with E-state index in [1.165, 1.54) is 89.9 Å². The van der Waals surface area contributed by atoms with Gasteiger partial charge in [0, 0.05) is 13.2 Å². The molecule has 2 heteroatoms. The van der Waals surface area contributed by atoms with Gasteiger partial charge >= 0.3 is 0 Å². The van der Waals surface area contributed by atoms with Crippen molar-refractivity contribution in [2.24, 2.45) is 0 Å². The molecule has 158 valence electrons. The molecule has 0 amide bonds. The van der Waals surface area contributed by atoms with Crippen LogP contribution in [0.3, 0.4) is 0 Å². The van der Waals surface area contributed by atoms with Crippen molar-refractivity contribution in [2.45, 2.75) is 143 Å². The van der Waals surface area contributed by atoms with E-state index in [0.29, 0.717) is 0 Å². The van der Waals surface area contributed by atoms with E-state index < -0.39 is 0 Å². The molecule has 0 saturated carbocycles. The minimum absolute atomic E-state index is 0.238. The maximum atomic E-state index is 6.12. The maximum Gasteiger partial charge on any atom is 0.0833 e. The van der Waals surface area contributed by atoms with Gasteiger partial charge < -0.3 is 9.47 Å². The first-order valence-electron chi connectivity index (χ1n) is 12.0.